The highest BCUT2D eigenvalue weighted by Crippen LogP contribution is 2.20. The molecule has 0 fully saturated rings. The van der Waals surface area contributed by atoms with Gasteiger partial charge in [-0.1, -0.05) is 33.6 Å². The molecule has 0 heterocycles. The molecule has 3 aromatic carbocycles. The Morgan fingerprint density at radius 1 is 0.966 bits per heavy atom. The highest BCUT2D eigenvalue weighted by atomic mass is 79.9. The first-order valence-electron chi connectivity index (χ1n) is 8.72. The van der Waals surface area contributed by atoms with E-state index in [1.165, 1.54) is 12.3 Å². The van der Waals surface area contributed by atoms with Gasteiger partial charge in [0.2, 0.25) is 0 Å². The highest BCUT2D eigenvalue weighted by molar-refractivity contribution is 9.10. The number of benzene rings is 3. The minimum absolute atomic E-state index is 0.0555. The maximum Gasteiger partial charge on any atom is 0.271 e. The molecule has 0 aliphatic heterocycles. The van der Waals surface area contributed by atoms with Crippen LogP contribution in [0.25, 0.3) is 0 Å². The van der Waals surface area contributed by atoms with Gasteiger partial charge in [0, 0.05) is 26.9 Å². The average Bonchev–Trinajstić information content (AvgIpc) is 2.71. The van der Waals surface area contributed by atoms with E-state index in [1.807, 2.05) is 19.1 Å². The SMILES string of the molecule is Cc1cccc(C(=O)Nc2ccc(C(=O)N/N=C/c3cc(Br)ccc3O)cc2)c1. The molecule has 3 N–H and O–H groups in total. The minimum atomic E-state index is -0.410. The zero-order valence-electron chi connectivity index (χ0n) is 15.5. The first-order valence-corrected chi connectivity index (χ1v) is 9.52. The van der Waals surface area contributed by atoms with E-state index < -0.39 is 5.91 Å². The third-order valence-corrected chi connectivity index (χ3v) is 4.54. The van der Waals surface area contributed by atoms with Crippen LogP contribution >= 0.6 is 15.9 Å². The number of phenolic OH excluding ortho intramolecular Hbond substituents is 1. The number of aromatic hydroxyl groups is 1. The van der Waals surface area contributed by atoms with E-state index in [2.05, 4.69) is 31.8 Å². The zero-order valence-corrected chi connectivity index (χ0v) is 17.1. The summed E-state index contributed by atoms with van der Waals surface area (Å²) in [6, 6.07) is 18.7. The van der Waals surface area contributed by atoms with Crippen LogP contribution in [-0.2, 0) is 0 Å². The Balaban J connectivity index is 1.60. The molecule has 0 aliphatic carbocycles. The number of nitrogens with one attached hydrogen (secondary N) is 2. The number of carbonyl (C=O) groups excluding carboxylic acids is 2. The highest BCUT2D eigenvalue weighted by Gasteiger charge is 2.08. The Kier molecular flexibility index (Phi) is 6.41. The van der Waals surface area contributed by atoms with Crippen molar-refractivity contribution in [3.8, 4) is 5.75 Å². The van der Waals surface area contributed by atoms with Crippen molar-refractivity contribution in [1.82, 2.24) is 5.43 Å². The van der Waals surface area contributed by atoms with Crippen molar-refractivity contribution in [2.45, 2.75) is 6.92 Å². The molecule has 0 saturated heterocycles. The molecule has 0 aromatic heterocycles. The molecule has 0 bridgehead atoms. The van der Waals surface area contributed by atoms with Crippen LogP contribution in [0, 0.1) is 6.92 Å². The molecule has 0 saturated carbocycles. The molecule has 0 aliphatic rings. The number of nitrogens with zero attached hydrogens (tertiary/aromatic N) is 1. The van der Waals surface area contributed by atoms with Gasteiger partial charge in [-0.2, -0.15) is 5.10 Å². The molecule has 6 nitrogen and oxygen atoms in total. The van der Waals surface area contributed by atoms with Gasteiger partial charge in [-0.05, 0) is 61.5 Å². The van der Waals surface area contributed by atoms with E-state index in [0.717, 1.165) is 10.0 Å². The second-order valence-electron chi connectivity index (χ2n) is 6.30. The average molecular weight is 452 g/mol. The van der Waals surface area contributed by atoms with Crippen LogP contribution in [0.15, 0.2) is 76.3 Å². The molecule has 0 spiro atoms. The summed E-state index contributed by atoms with van der Waals surface area (Å²) in [7, 11) is 0. The molecular formula is C22H18BrN3O3. The van der Waals surface area contributed by atoms with Gasteiger partial charge in [0.25, 0.3) is 11.8 Å². The molecule has 29 heavy (non-hydrogen) atoms. The van der Waals surface area contributed by atoms with E-state index in [-0.39, 0.29) is 11.7 Å². The number of amides is 2. The number of rotatable bonds is 5. The van der Waals surface area contributed by atoms with E-state index >= 15 is 0 Å². The third kappa shape index (κ3) is 5.52. The Labute approximate surface area is 176 Å². The molecule has 0 unspecified atom stereocenters. The van der Waals surface area contributed by atoms with Crippen molar-refractivity contribution < 1.29 is 14.7 Å². The number of anilines is 1. The molecule has 0 atom stereocenters. The Hall–Kier alpha value is -3.45. The van der Waals surface area contributed by atoms with Crippen LogP contribution in [0.5, 0.6) is 5.75 Å². The standard InChI is InChI=1S/C22H18BrN3O3/c1-14-3-2-4-16(11-14)21(28)25-19-8-5-15(6-9-19)22(29)26-24-13-17-12-18(23)7-10-20(17)27/h2-13,27H,1H3,(H,25,28)(H,26,29)/b24-13+. The predicted octanol–water partition coefficient (Wildman–Crippen LogP) is 4.48. The molecular weight excluding hydrogens is 434 g/mol. The normalized spacial score (nSPS) is 10.7. The lowest BCUT2D eigenvalue weighted by Gasteiger charge is -2.07. The Morgan fingerprint density at radius 3 is 2.45 bits per heavy atom. The lowest BCUT2D eigenvalue weighted by molar-refractivity contribution is 0.0954. The Morgan fingerprint density at radius 2 is 1.72 bits per heavy atom. The molecule has 146 valence electrons. The number of aryl methyl sites for hydroxylation is 1. The number of hydrogen-bond donors (Lipinski definition) is 3. The van der Waals surface area contributed by atoms with Crippen molar-refractivity contribution >= 4 is 39.6 Å². The van der Waals surface area contributed by atoms with Crippen LogP contribution in [0.2, 0.25) is 0 Å². The van der Waals surface area contributed by atoms with Gasteiger partial charge in [0.1, 0.15) is 5.75 Å². The summed E-state index contributed by atoms with van der Waals surface area (Å²) in [5.41, 5.74) is 5.40. The van der Waals surface area contributed by atoms with Crippen molar-refractivity contribution in [2.75, 3.05) is 5.32 Å². The van der Waals surface area contributed by atoms with Gasteiger partial charge in [-0.25, -0.2) is 5.43 Å². The van der Waals surface area contributed by atoms with E-state index in [1.54, 1.807) is 48.5 Å². The van der Waals surface area contributed by atoms with Gasteiger partial charge in [0.05, 0.1) is 6.21 Å². The largest absolute Gasteiger partial charge is 0.507 e. The molecule has 3 rings (SSSR count). The van der Waals surface area contributed by atoms with E-state index in [0.29, 0.717) is 22.4 Å². The summed E-state index contributed by atoms with van der Waals surface area (Å²) >= 11 is 3.31. The van der Waals surface area contributed by atoms with E-state index in [9.17, 15) is 14.7 Å². The summed E-state index contributed by atoms with van der Waals surface area (Å²) in [4.78, 5) is 24.5. The fraction of sp³-hybridized carbons (Fsp3) is 0.0455. The van der Waals surface area contributed by atoms with Crippen molar-refractivity contribution in [1.29, 1.82) is 0 Å². The van der Waals surface area contributed by atoms with Crippen molar-refractivity contribution in [3.05, 3.63) is 93.5 Å². The maximum absolute atomic E-state index is 12.3. The van der Waals surface area contributed by atoms with Crippen LogP contribution in [0.1, 0.15) is 31.8 Å². The van der Waals surface area contributed by atoms with Crippen LogP contribution in [-0.4, -0.2) is 23.1 Å². The summed E-state index contributed by atoms with van der Waals surface area (Å²) in [5, 5.41) is 16.4. The first kappa shape index (κ1) is 20.3. The predicted molar refractivity (Wildman–Crippen MR) is 116 cm³/mol. The van der Waals surface area contributed by atoms with Gasteiger partial charge in [-0.15, -0.1) is 0 Å². The summed E-state index contributed by atoms with van der Waals surface area (Å²) in [6.07, 6.45) is 1.36. The minimum Gasteiger partial charge on any atom is -0.507 e. The number of halogens is 1. The first-order chi connectivity index (χ1) is 13.9. The lowest BCUT2D eigenvalue weighted by atomic mass is 10.1. The second kappa shape index (κ2) is 9.16. The topological polar surface area (TPSA) is 90.8 Å². The molecule has 0 radical (unpaired) electrons. The fourth-order valence-electron chi connectivity index (χ4n) is 2.55. The quantitative estimate of drug-likeness (QED) is 0.394. The second-order valence-corrected chi connectivity index (χ2v) is 7.22. The van der Waals surface area contributed by atoms with Gasteiger partial charge < -0.3 is 10.4 Å². The summed E-state index contributed by atoms with van der Waals surface area (Å²) in [6.45, 7) is 1.92. The van der Waals surface area contributed by atoms with Crippen LogP contribution < -0.4 is 10.7 Å². The summed E-state index contributed by atoms with van der Waals surface area (Å²) < 4.78 is 0.784. The van der Waals surface area contributed by atoms with Crippen LogP contribution in [0.4, 0.5) is 5.69 Å². The van der Waals surface area contributed by atoms with Gasteiger partial charge in [0.15, 0.2) is 0 Å². The maximum atomic E-state index is 12.3. The van der Waals surface area contributed by atoms with Crippen molar-refractivity contribution in [2.24, 2.45) is 5.10 Å². The van der Waals surface area contributed by atoms with Crippen LogP contribution in [0.3, 0.4) is 0 Å². The number of hydrogen-bond acceptors (Lipinski definition) is 4. The molecule has 7 heteroatoms. The monoisotopic (exact) mass is 451 g/mol. The van der Waals surface area contributed by atoms with E-state index in [4.69, 9.17) is 0 Å². The molecule has 2 amide bonds. The number of phenols is 1. The van der Waals surface area contributed by atoms with Crippen molar-refractivity contribution in [3.63, 3.8) is 0 Å². The zero-order chi connectivity index (χ0) is 20.8. The fourth-order valence-corrected chi connectivity index (χ4v) is 2.93. The smallest absolute Gasteiger partial charge is 0.271 e. The van der Waals surface area contributed by atoms with Gasteiger partial charge in [-0.3, -0.25) is 9.59 Å². The molecule has 3 aromatic rings. The summed E-state index contributed by atoms with van der Waals surface area (Å²) in [5.74, 6) is -0.573. The number of hydrazone groups is 1. The lowest BCUT2D eigenvalue weighted by Crippen LogP contribution is -2.18. The van der Waals surface area contributed by atoms with Gasteiger partial charge >= 0.3 is 0 Å². The third-order valence-electron chi connectivity index (χ3n) is 4.04. The number of carbonyl (C=O) groups is 2. The Bertz CT molecular complexity index is 1080.